The van der Waals surface area contributed by atoms with Crippen LogP contribution in [-0.2, 0) is 4.74 Å². The first-order valence-corrected chi connectivity index (χ1v) is 16.1. The van der Waals surface area contributed by atoms with E-state index in [1.807, 2.05) is 32.0 Å². The van der Waals surface area contributed by atoms with Gasteiger partial charge in [0, 0.05) is 43.9 Å². The highest BCUT2D eigenvalue weighted by Gasteiger charge is 2.31. The normalized spacial score (nSPS) is 19.9. The zero-order valence-corrected chi connectivity index (χ0v) is 28.1. The number of anilines is 2. The molecule has 4 rings (SSSR count). The number of hydrogen-bond acceptors (Lipinski definition) is 8. The molecule has 3 N–H and O–H groups in total. The Balaban J connectivity index is 1.61. The molecule has 1 aliphatic rings. The van der Waals surface area contributed by atoms with Crippen molar-refractivity contribution in [3.63, 3.8) is 0 Å². The van der Waals surface area contributed by atoms with E-state index in [9.17, 15) is 19.5 Å². The number of aryl methyl sites for hydroxylation is 2. The molecule has 0 bridgehead atoms. The van der Waals surface area contributed by atoms with Gasteiger partial charge in [-0.1, -0.05) is 30.3 Å². The molecule has 0 aliphatic carbocycles. The molecule has 0 saturated carbocycles. The van der Waals surface area contributed by atoms with Crippen molar-refractivity contribution in [2.24, 2.45) is 5.92 Å². The molecule has 0 saturated heterocycles. The van der Waals surface area contributed by atoms with Crippen molar-refractivity contribution in [2.75, 3.05) is 44.0 Å². The number of carbonyl (C=O) groups excluding carboxylic acids is 3. The standard InChI is InChI=1S/C35H47N5O7/c1-22-19-40(23(2)21-41)34(43)29-18-28(36-35(44)37-32-25(4)38-47-26(32)5)15-16-30(29)46-24(3)12-10-11-17-45-31(22)20-39(6)33(42)27-13-8-7-9-14-27/h7-9,13-16,18,22-24,31,41H,10-12,17,19-21H2,1-6H3,(H2,36,37,44)/t22-,23+,24-,31+/m1/s1. The quantitative estimate of drug-likeness (QED) is 0.304. The van der Waals surface area contributed by atoms with Crippen molar-refractivity contribution in [3.05, 3.63) is 71.1 Å². The van der Waals surface area contributed by atoms with Crippen molar-refractivity contribution in [2.45, 2.75) is 72.1 Å². The molecule has 4 atom stereocenters. The highest BCUT2D eigenvalue weighted by atomic mass is 16.5. The second-order valence-corrected chi connectivity index (χ2v) is 12.3. The van der Waals surface area contributed by atoms with Gasteiger partial charge in [0.1, 0.15) is 17.1 Å². The summed E-state index contributed by atoms with van der Waals surface area (Å²) in [7, 11) is 1.75. The number of likely N-dealkylation sites (N-methyl/N-ethyl adjacent to an activating group) is 1. The molecule has 47 heavy (non-hydrogen) atoms. The van der Waals surface area contributed by atoms with Crippen LogP contribution in [0.3, 0.4) is 0 Å². The Morgan fingerprint density at radius 2 is 1.85 bits per heavy atom. The number of aliphatic hydroxyl groups is 1. The Morgan fingerprint density at radius 3 is 2.53 bits per heavy atom. The van der Waals surface area contributed by atoms with Gasteiger partial charge in [-0.05, 0) is 77.3 Å². The second-order valence-electron chi connectivity index (χ2n) is 12.3. The summed E-state index contributed by atoms with van der Waals surface area (Å²) in [6.45, 7) is 9.95. The van der Waals surface area contributed by atoms with Gasteiger partial charge in [0.05, 0.1) is 30.4 Å². The van der Waals surface area contributed by atoms with E-state index in [1.165, 1.54) is 0 Å². The number of amides is 4. The Bertz CT molecular complexity index is 1490. The number of nitrogens with zero attached hydrogens (tertiary/aromatic N) is 3. The fourth-order valence-electron chi connectivity index (χ4n) is 5.55. The van der Waals surface area contributed by atoms with Crippen molar-refractivity contribution in [3.8, 4) is 5.75 Å². The van der Waals surface area contributed by atoms with Gasteiger partial charge in [0.25, 0.3) is 11.8 Å². The van der Waals surface area contributed by atoms with Gasteiger partial charge in [-0.15, -0.1) is 0 Å². The average Bonchev–Trinajstić information content (AvgIpc) is 3.37. The van der Waals surface area contributed by atoms with Gasteiger partial charge in [0.2, 0.25) is 0 Å². The zero-order chi connectivity index (χ0) is 34.1. The van der Waals surface area contributed by atoms with Gasteiger partial charge in [0.15, 0.2) is 5.76 Å². The minimum Gasteiger partial charge on any atom is -0.490 e. The van der Waals surface area contributed by atoms with Crippen molar-refractivity contribution in [1.29, 1.82) is 0 Å². The lowest BCUT2D eigenvalue weighted by Gasteiger charge is -2.36. The molecule has 254 valence electrons. The van der Waals surface area contributed by atoms with E-state index in [0.717, 1.165) is 19.3 Å². The first-order valence-electron chi connectivity index (χ1n) is 16.1. The van der Waals surface area contributed by atoms with Crippen LogP contribution < -0.4 is 15.4 Å². The van der Waals surface area contributed by atoms with Crippen LogP contribution in [0, 0.1) is 19.8 Å². The fraction of sp³-hybridized carbons (Fsp3) is 0.486. The van der Waals surface area contributed by atoms with Crippen LogP contribution >= 0.6 is 0 Å². The Morgan fingerprint density at radius 1 is 1.11 bits per heavy atom. The smallest absolute Gasteiger partial charge is 0.323 e. The number of urea groups is 1. The number of fused-ring (bicyclic) bond motifs is 1. The largest absolute Gasteiger partial charge is 0.490 e. The van der Waals surface area contributed by atoms with Crippen molar-refractivity contribution < 1.29 is 33.5 Å². The summed E-state index contributed by atoms with van der Waals surface area (Å²) in [5.41, 5.74) is 2.24. The van der Waals surface area contributed by atoms with E-state index in [1.54, 1.807) is 68.0 Å². The molecule has 0 radical (unpaired) electrons. The molecule has 12 heteroatoms. The van der Waals surface area contributed by atoms with Crippen LogP contribution in [-0.4, -0.2) is 89.5 Å². The molecule has 12 nitrogen and oxygen atoms in total. The van der Waals surface area contributed by atoms with Crippen LogP contribution in [0.5, 0.6) is 5.75 Å². The van der Waals surface area contributed by atoms with Crippen LogP contribution in [0.15, 0.2) is 53.1 Å². The molecule has 3 aromatic rings. The summed E-state index contributed by atoms with van der Waals surface area (Å²) >= 11 is 0. The molecule has 0 unspecified atom stereocenters. The highest BCUT2D eigenvalue weighted by molar-refractivity contribution is 6.03. The Labute approximate surface area is 276 Å². The molecule has 4 amide bonds. The summed E-state index contributed by atoms with van der Waals surface area (Å²) in [4.78, 5) is 43.7. The number of carbonyl (C=O) groups is 3. The van der Waals surface area contributed by atoms with Crippen LogP contribution in [0.25, 0.3) is 0 Å². The maximum Gasteiger partial charge on any atom is 0.323 e. The van der Waals surface area contributed by atoms with E-state index in [-0.39, 0.29) is 48.7 Å². The molecule has 1 aliphatic heterocycles. The van der Waals surface area contributed by atoms with Crippen molar-refractivity contribution in [1.82, 2.24) is 15.0 Å². The molecule has 0 spiro atoms. The first kappa shape index (κ1) is 35.4. The van der Waals surface area contributed by atoms with Gasteiger partial charge in [-0.3, -0.25) is 9.59 Å². The third-order valence-corrected chi connectivity index (χ3v) is 8.40. The van der Waals surface area contributed by atoms with Crippen LogP contribution in [0.4, 0.5) is 16.2 Å². The predicted molar refractivity (Wildman–Crippen MR) is 179 cm³/mol. The number of rotatable bonds is 7. The monoisotopic (exact) mass is 649 g/mol. The Kier molecular flexibility index (Phi) is 12.4. The number of nitrogens with one attached hydrogen (secondary N) is 2. The molecular formula is C35H47N5O7. The van der Waals surface area contributed by atoms with E-state index in [2.05, 4.69) is 15.8 Å². The zero-order valence-electron chi connectivity index (χ0n) is 28.1. The highest BCUT2D eigenvalue weighted by Crippen LogP contribution is 2.29. The fourth-order valence-corrected chi connectivity index (χ4v) is 5.55. The number of ether oxygens (including phenoxy) is 2. The summed E-state index contributed by atoms with van der Waals surface area (Å²) in [5.74, 6) is 0.183. The number of aromatic nitrogens is 1. The SMILES string of the molecule is Cc1noc(C)c1NC(=O)Nc1ccc2c(c1)C(=O)N([C@@H](C)CO)C[C@@H](C)[C@H](CN(C)C(=O)c1ccccc1)OCCCC[C@@H](C)O2. The third-order valence-electron chi connectivity index (χ3n) is 8.40. The Hall–Kier alpha value is -4.42. The molecule has 0 fully saturated rings. The topological polar surface area (TPSA) is 146 Å². The van der Waals surface area contributed by atoms with Gasteiger partial charge < -0.3 is 39.5 Å². The molecular weight excluding hydrogens is 602 g/mol. The van der Waals surface area contributed by atoms with E-state index >= 15 is 0 Å². The molecule has 1 aromatic heterocycles. The van der Waals surface area contributed by atoms with E-state index in [0.29, 0.717) is 47.3 Å². The van der Waals surface area contributed by atoms with E-state index in [4.69, 9.17) is 14.0 Å². The van der Waals surface area contributed by atoms with Crippen molar-refractivity contribution >= 4 is 29.2 Å². The summed E-state index contributed by atoms with van der Waals surface area (Å²) in [5, 5.41) is 19.6. The lowest BCUT2D eigenvalue weighted by molar-refractivity contribution is -0.0149. The van der Waals surface area contributed by atoms with Crippen LogP contribution in [0.1, 0.15) is 72.2 Å². The molecule has 2 heterocycles. The summed E-state index contributed by atoms with van der Waals surface area (Å²) in [6, 6.07) is 13.0. The van der Waals surface area contributed by atoms with Gasteiger partial charge in [-0.2, -0.15) is 0 Å². The van der Waals surface area contributed by atoms with Crippen LogP contribution in [0.2, 0.25) is 0 Å². The number of hydrogen-bond donors (Lipinski definition) is 3. The lowest BCUT2D eigenvalue weighted by atomic mass is 10.0. The molecule has 2 aromatic carbocycles. The second kappa shape index (κ2) is 16.4. The lowest BCUT2D eigenvalue weighted by Crippen LogP contribution is -2.48. The van der Waals surface area contributed by atoms with Gasteiger partial charge >= 0.3 is 6.03 Å². The third kappa shape index (κ3) is 9.32. The average molecular weight is 650 g/mol. The number of aliphatic hydroxyl groups excluding tert-OH is 1. The summed E-state index contributed by atoms with van der Waals surface area (Å²) in [6.07, 6.45) is 1.82. The maximum atomic E-state index is 14.3. The van der Waals surface area contributed by atoms with E-state index < -0.39 is 12.1 Å². The number of benzene rings is 2. The van der Waals surface area contributed by atoms with Gasteiger partial charge in [-0.25, -0.2) is 4.79 Å². The maximum absolute atomic E-state index is 14.3. The summed E-state index contributed by atoms with van der Waals surface area (Å²) < 4.78 is 17.8. The first-order chi connectivity index (χ1) is 22.5. The minimum atomic E-state index is -0.535. The minimum absolute atomic E-state index is 0.115. The predicted octanol–water partition coefficient (Wildman–Crippen LogP) is 5.50.